The minimum atomic E-state index is -1.88. The second-order valence-electron chi connectivity index (χ2n) is 3.26. The van der Waals surface area contributed by atoms with Crippen molar-refractivity contribution in [2.45, 2.75) is 40.0 Å². The van der Waals surface area contributed by atoms with Crippen LogP contribution in [-0.4, -0.2) is 7.38 Å². The maximum absolute atomic E-state index is 6.55. The molecular formula is C12H21ClSi. The summed E-state index contributed by atoms with van der Waals surface area (Å²) < 4.78 is 0. The highest BCUT2D eigenvalue weighted by Crippen LogP contribution is 2.16. The van der Waals surface area contributed by atoms with Crippen LogP contribution in [0.1, 0.15) is 40.0 Å². The van der Waals surface area contributed by atoms with Crippen LogP contribution in [-0.2, 0) is 0 Å². The summed E-state index contributed by atoms with van der Waals surface area (Å²) >= 11 is 6.55. The van der Waals surface area contributed by atoms with Gasteiger partial charge in [-0.2, -0.15) is 11.1 Å². The highest BCUT2D eigenvalue weighted by Gasteiger charge is 2.19. The molecule has 0 aliphatic heterocycles. The highest BCUT2D eigenvalue weighted by molar-refractivity contribution is 7.28. The van der Waals surface area contributed by atoms with E-state index in [4.69, 9.17) is 11.1 Å². The van der Waals surface area contributed by atoms with Gasteiger partial charge in [0, 0.05) is 0 Å². The minimum Gasteiger partial charge on any atom is -0.151 e. The third-order valence-electron chi connectivity index (χ3n) is 1.83. The van der Waals surface area contributed by atoms with Crippen LogP contribution in [0.3, 0.4) is 0 Å². The van der Waals surface area contributed by atoms with Gasteiger partial charge in [-0.25, -0.2) is 0 Å². The fourth-order valence-corrected chi connectivity index (χ4v) is 3.99. The molecule has 0 aromatic heterocycles. The van der Waals surface area contributed by atoms with E-state index >= 15 is 0 Å². The fraction of sp³-hybridized carbons (Fsp3) is 0.500. The molecule has 0 rings (SSSR count). The third kappa shape index (κ3) is 6.22. The lowest BCUT2D eigenvalue weighted by atomic mass is 10.5. The molecule has 0 aliphatic rings. The van der Waals surface area contributed by atoms with Crippen LogP contribution in [0, 0.1) is 0 Å². The van der Waals surface area contributed by atoms with Crippen LogP contribution >= 0.6 is 11.1 Å². The van der Waals surface area contributed by atoms with Gasteiger partial charge in [-0.1, -0.05) is 56.1 Å². The van der Waals surface area contributed by atoms with E-state index in [2.05, 4.69) is 56.1 Å². The van der Waals surface area contributed by atoms with Crippen molar-refractivity contribution < 1.29 is 0 Å². The lowest BCUT2D eigenvalue weighted by Crippen LogP contribution is -2.18. The van der Waals surface area contributed by atoms with Gasteiger partial charge < -0.3 is 0 Å². The molecule has 0 bridgehead atoms. The predicted octanol–water partition coefficient (Wildman–Crippen LogP) is 4.69. The van der Waals surface area contributed by atoms with Crippen molar-refractivity contribution in [1.29, 1.82) is 0 Å². The van der Waals surface area contributed by atoms with E-state index in [1.54, 1.807) is 0 Å². The molecule has 2 heteroatoms. The van der Waals surface area contributed by atoms with Crippen molar-refractivity contribution in [3.63, 3.8) is 0 Å². The Balaban J connectivity index is 4.56. The van der Waals surface area contributed by atoms with E-state index in [0.29, 0.717) is 0 Å². The fourth-order valence-electron chi connectivity index (χ4n) is 1.06. The quantitative estimate of drug-likeness (QED) is 0.457. The molecule has 0 unspecified atom stereocenters. The summed E-state index contributed by atoms with van der Waals surface area (Å²) in [5.41, 5.74) is 6.56. The smallest absolute Gasteiger partial charge is 0.151 e. The van der Waals surface area contributed by atoms with Crippen LogP contribution in [0.5, 0.6) is 0 Å². The molecule has 0 spiro atoms. The number of hydrogen-bond donors (Lipinski definition) is 0. The number of allylic oxidation sites excluding steroid dienone is 3. The maximum atomic E-state index is 6.55. The van der Waals surface area contributed by atoms with Crippen LogP contribution in [0.4, 0.5) is 0 Å². The lowest BCUT2D eigenvalue weighted by molar-refractivity contribution is 1.22. The monoisotopic (exact) mass is 228 g/mol. The summed E-state index contributed by atoms with van der Waals surface area (Å²) in [6.07, 6.45) is 9.67. The van der Waals surface area contributed by atoms with Crippen LogP contribution in [0.2, 0.25) is 0 Å². The Labute approximate surface area is 94.1 Å². The zero-order valence-electron chi connectivity index (χ0n) is 9.46. The molecule has 0 amide bonds. The Morgan fingerprint density at radius 2 is 1.07 bits per heavy atom. The molecule has 0 fully saturated rings. The average molecular weight is 229 g/mol. The first-order chi connectivity index (χ1) is 6.68. The molecular weight excluding hydrogens is 208 g/mol. The summed E-state index contributed by atoms with van der Waals surface area (Å²) in [5, 5.41) is 0. The summed E-state index contributed by atoms with van der Waals surface area (Å²) in [6, 6.07) is 0. The van der Waals surface area contributed by atoms with Crippen molar-refractivity contribution >= 4 is 18.5 Å². The largest absolute Gasteiger partial charge is 0.225 e. The standard InChI is InChI=1S/C12H21ClSi/c1-4-7-10-14(13,11-8-5-2)12-9-6-3/h7-12H,4-6H2,1-3H3. The Kier molecular flexibility index (Phi) is 7.91. The lowest BCUT2D eigenvalue weighted by Gasteiger charge is -2.10. The van der Waals surface area contributed by atoms with E-state index in [9.17, 15) is 0 Å². The minimum absolute atomic E-state index is 1.06. The number of hydrogen-bond acceptors (Lipinski definition) is 0. The van der Waals surface area contributed by atoms with E-state index in [1.807, 2.05) is 0 Å². The molecule has 0 aliphatic carbocycles. The van der Waals surface area contributed by atoms with Crippen molar-refractivity contribution in [2.24, 2.45) is 0 Å². The molecule has 0 nitrogen and oxygen atoms in total. The zero-order chi connectivity index (χ0) is 10.9. The van der Waals surface area contributed by atoms with Crippen molar-refractivity contribution in [1.82, 2.24) is 0 Å². The molecule has 0 saturated carbocycles. The van der Waals surface area contributed by atoms with Crippen LogP contribution < -0.4 is 0 Å². The van der Waals surface area contributed by atoms with Gasteiger partial charge >= 0.3 is 0 Å². The number of halogens is 1. The number of rotatable bonds is 6. The predicted molar refractivity (Wildman–Crippen MR) is 69.9 cm³/mol. The molecule has 0 saturated heterocycles. The molecule has 0 N–H and O–H groups in total. The second kappa shape index (κ2) is 8.07. The average Bonchev–Trinajstić information content (AvgIpc) is 2.21. The molecule has 0 heterocycles. The van der Waals surface area contributed by atoms with Crippen molar-refractivity contribution in [3.8, 4) is 0 Å². The Morgan fingerprint density at radius 1 is 0.786 bits per heavy atom. The van der Waals surface area contributed by atoms with E-state index < -0.39 is 7.38 Å². The first-order valence-electron chi connectivity index (χ1n) is 5.40. The Morgan fingerprint density at radius 3 is 1.29 bits per heavy atom. The topological polar surface area (TPSA) is 0 Å². The normalized spacial score (nSPS) is 17.1. The van der Waals surface area contributed by atoms with Gasteiger partial charge in [-0.15, -0.1) is 0 Å². The van der Waals surface area contributed by atoms with E-state index in [1.165, 1.54) is 0 Å². The van der Waals surface area contributed by atoms with Crippen LogP contribution in [0.25, 0.3) is 0 Å². The van der Waals surface area contributed by atoms with Gasteiger partial charge in [0.05, 0.1) is 0 Å². The van der Waals surface area contributed by atoms with Crippen molar-refractivity contribution in [3.05, 3.63) is 35.3 Å². The van der Waals surface area contributed by atoms with Crippen molar-refractivity contribution in [2.75, 3.05) is 0 Å². The molecule has 80 valence electrons. The first-order valence-corrected chi connectivity index (χ1v) is 8.64. The first kappa shape index (κ1) is 13.7. The maximum Gasteiger partial charge on any atom is 0.225 e. The third-order valence-corrected chi connectivity index (χ3v) is 5.20. The molecule has 0 aromatic carbocycles. The molecule has 0 aromatic rings. The molecule has 0 radical (unpaired) electrons. The summed E-state index contributed by atoms with van der Waals surface area (Å²) in [4.78, 5) is 0. The van der Waals surface area contributed by atoms with Gasteiger partial charge in [0.15, 0.2) is 0 Å². The van der Waals surface area contributed by atoms with Crippen LogP contribution in [0.15, 0.2) is 35.3 Å². The summed E-state index contributed by atoms with van der Waals surface area (Å²) in [6.45, 7) is 6.40. The Bertz CT molecular complexity index is 180. The van der Waals surface area contributed by atoms with E-state index in [0.717, 1.165) is 19.3 Å². The van der Waals surface area contributed by atoms with Gasteiger partial charge in [0.1, 0.15) is 0 Å². The zero-order valence-corrected chi connectivity index (χ0v) is 11.2. The van der Waals surface area contributed by atoms with Gasteiger partial charge in [0.25, 0.3) is 0 Å². The Hall–Kier alpha value is -0.273. The SMILES string of the molecule is CCC=C[Si](Cl)(C=CCC)C=CCC. The van der Waals surface area contributed by atoms with Gasteiger partial charge in [-0.3, -0.25) is 0 Å². The summed E-state index contributed by atoms with van der Waals surface area (Å²) in [5.74, 6) is 0. The van der Waals surface area contributed by atoms with Gasteiger partial charge in [0.2, 0.25) is 7.38 Å². The van der Waals surface area contributed by atoms with E-state index in [-0.39, 0.29) is 0 Å². The highest BCUT2D eigenvalue weighted by atomic mass is 35.6. The molecule has 0 atom stereocenters. The van der Waals surface area contributed by atoms with Gasteiger partial charge in [-0.05, 0) is 19.3 Å². The molecule has 14 heavy (non-hydrogen) atoms. The summed E-state index contributed by atoms with van der Waals surface area (Å²) in [7, 11) is -1.88. The second-order valence-corrected chi connectivity index (χ2v) is 7.88.